The van der Waals surface area contributed by atoms with E-state index in [0.29, 0.717) is 28.9 Å². The zero-order chi connectivity index (χ0) is 19.1. The lowest BCUT2D eigenvalue weighted by molar-refractivity contribution is -0.117. The number of thiazole rings is 1. The third-order valence-electron chi connectivity index (χ3n) is 4.61. The summed E-state index contributed by atoms with van der Waals surface area (Å²) in [5, 5.41) is 8.71. The van der Waals surface area contributed by atoms with Crippen LogP contribution in [0.5, 0.6) is 0 Å². The summed E-state index contributed by atoms with van der Waals surface area (Å²) in [7, 11) is 0. The molecular formula is C19H15N5O2S2. The van der Waals surface area contributed by atoms with Gasteiger partial charge < -0.3 is 4.57 Å². The molecule has 0 atom stereocenters. The Labute approximate surface area is 168 Å². The molecule has 4 aromatic rings. The maximum absolute atomic E-state index is 12.8. The Kier molecular flexibility index (Phi) is 4.18. The number of hydrogen-bond acceptors (Lipinski definition) is 6. The fourth-order valence-electron chi connectivity index (χ4n) is 3.28. The van der Waals surface area contributed by atoms with Crippen LogP contribution >= 0.6 is 22.7 Å². The number of nitrogens with one attached hydrogen (secondary N) is 1. The first-order valence-electron chi connectivity index (χ1n) is 8.72. The molecule has 7 nitrogen and oxygen atoms in total. The SMILES string of the molecule is O=C(Nc1nc(CC(=O)N2CCn3c2nc2ccccc23)cs1)c1ccsc1. The van der Waals surface area contributed by atoms with E-state index < -0.39 is 0 Å². The Bertz CT molecular complexity index is 1180. The average molecular weight is 409 g/mol. The molecule has 1 aromatic carbocycles. The lowest BCUT2D eigenvalue weighted by Gasteiger charge is -2.12. The molecule has 0 saturated heterocycles. The Morgan fingerprint density at radius 2 is 2.00 bits per heavy atom. The summed E-state index contributed by atoms with van der Waals surface area (Å²) < 4.78 is 2.07. The number of carbonyl (C=O) groups excluding carboxylic acids is 2. The molecule has 1 aliphatic heterocycles. The molecule has 9 heteroatoms. The fourth-order valence-corrected chi connectivity index (χ4v) is 4.63. The second-order valence-corrected chi connectivity index (χ2v) is 8.02. The van der Waals surface area contributed by atoms with Gasteiger partial charge in [-0.2, -0.15) is 11.3 Å². The van der Waals surface area contributed by atoms with E-state index in [9.17, 15) is 9.59 Å². The minimum atomic E-state index is -0.193. The molecule has 0 aliphatic carbocycles. The lowest BCUT2D eigenvalue weighted by Crippen LogP contribution is -2.31. The monoisotopic (exact) mass is 409 g/mol. The Hall–Kier alpha value is -3.04. The molecule has 0 saturated carbocycles. The van der Waals surface area contributed by atoms with Crippen molar-refractivity contribution in [2.45, 2.75) is 13.0 Å². The molecule has 140 valence electrons. The largest absolute Gasteiger partial charge is 0.308 e. The molecule has 1 aliphatic rings. The third-order valence-corrected chi connectivity index (χ3v) is 6.10. The number of amides is 2. The van der Waals surface area contributed by atoms with Crippen molar-refractivity contribution < 1.29 is 9.59 Å². The Balaban J connectivity index is 1.30. The van der Waals surface area contributed by atoms with Gasteiger partial charge in [-0.1, -0.05) is 12.1 Å². The summed E-state index contributed by atoms with van der Waals surface area (Å²) >= 11 is 2.78. The van der Waals surface area contributed by atoms with Crippen molar-refractivity contribution in [3.8, 4) is 0 Å². The molecule has 0 radical (unpaired) electrons. The number of para-hydroxylation sites is 2. The van der Waals surface area contributed by atoms with E-state index in [-0.39, 0.29) is 18.2 Å². The van der Waals surface area contributed by atoms with Gasteiger partial charge in [-0.05, 0) is 23.6 Å². The summed E-state index contributed by atoms with van der Waals surface area (Å²) in [6.07, 6.45) is 0.175. The van der Waals surface area contributed by atoms with E-state index in [0.717, 1.165) is 17.6 Å². The van der Waals surface area contributed by atoms with Gasteiger partial charge in [-0.15, -0.1) is 11.3 Å². The number of benzene rings is 1. The highest BCUT2D eigenvalue weighted by Crippen LogP contribution is 2.28. The predicted octanol–water partition coefficient (Wildman–Crippen LogP) is 3.40. The fraction of sp³-hybridized carbons (Fsp3) is 0.158. The first kappa shape index (κ1) is 17.1. The summed E-state index contributed by atoms with van der Waals surface area (Å²) in [5.41, 5.74) is 3.18. The molecule has 0 unspecified atom stereocenters. The molecule has 28 heavy (non-hydrogen) atoms. The van der Waals surface area contributed by atoms with Crippen LogP contribution in [-0.4, -0.2) is 32.9 Å². The lowest BCUT2D eigenvalue weighted by atomic mass is 10.3. The topological polar surface area (TPSA) is 80.1 Å². The van der Waals surface area contributed by atoms with E-state index in [1.165, 1.54) is 22.7 Å². The predicted molar refractivity (Wildman–Crippen MR) is 110 cm³/mol. The number of aromatic nitrogens is 3. The van der Waals surface area contributed by atoms with Gasteiger partial charge in [0.25, 0.3) is 5.91 Å². The summed E-state index contributed by atoms with van der Waals surface area (Å²) in [6, 6.07) is 9.65. The maximum atomic E-state index is 12.8. The number of fused-ring (bicyclic) bond motifs is 3. The van der Waals surface area contributed by atoms with Crippen LogP contribution < -0.4 is 10.2 Å². The first-order valence-corrected chi connectivity index (χ1v) is 10.5. The first-order chi connectivity index (χ1) is 13.7. The maximum Gasteiger partial charge on any atom is 0.258 e. The Morgan fingerprint density at radius 1 is 1.11 bits per heavy atom. The van der Waals surface area contributed by atoms with Crippen LogP contribution in [0.2, 0.25) is 0 Å². The van der Waals surface area contributed by atoms with Gasteiger partial charge in [0.15, 0.2) is 5.13 Å². The van der Waals surface area contributed by atoms with Gasteiger partial charge in [0.2, 0.25) is 11.9 Å². The summed E-state index contributed by atoms with van der Waals surface area (Å²) in [6.45, 7) is 1.35. The van der Waals surface area contributed by atoms with Crippen LogP contribution in [0.4, 0.5) is 11.1 Å². The molecule has 2 amide bonds. The van der Waals surface area contributed by atoms with Gasteiger partial charge in [-0.3, -0.25) is 19.8 Å². The van der Waals surface area contributed by atoms with Gasteiger partial charge in [0.1, 0.15) is 0 Å². The van der Waals surface area contributed by atoms with Gasteiger partial charge in [0, 0.05) is 23.8 Å². The van der Waals surface area contributed by atoms with Crippen LogP contribution in [0.3, 0.4) is 0 Å². The number of nitrogens with zero attached hydrogens (tertiary/aromatic N) is 4. The zero-order valence-corrected chi connectivity index (χ0v) is 16.3. The van der Waals surface area contributed by atoms with Crippen molar-refractivity contribution in [1.29, 1.82) is 0 Å². The summed E-state index contributed by atoms with van der Waals surface area (Å²) in [4.78, 5) is 35.6. The van der Waals surface area contributed by atoms with Crippen molar-refractivity contribution in [3.05, 3.63) is 57.7 Å². The molecule has 0 bridgehead atoms. The molecule has 1 N–H and O–H groups in total. The minimum Gasteiger partial charge on any atom is -0.308 e. The van der Waals surface area contributed by atoms with E-state index in [1.54, 1.807) is 21.7 Å². The highest BCUT2D eigenvalue weighted by atomic mass is 32.1. The second-order valence-electron chi connectivity index (χ2n) is 6.38. The van der Waals surface area contributed by atoms with Crippen LogP contribution in [0.1, 0.15) is 16.1 Å². The number of anilines is 2. The Morgan fingerprint density at radius 3 is 2.86 bits per heavy atom. The molecule has 0 fully saturated rings. The van der Waals surface area contributed by atoms with Crippen molar-refractivity contribution in [1.82, 2.24) is 14.5 Å². The van der Waals surface area contributed by atoms with E-state index >= 15 is 0 Å². The molecular weight excluding hydrogens is 394 g/mol. The van der Waals surface area contributed by atoms with Crippen molar-refractivity contribution in [3.63, 3.8) is 0 Å². The summed E-state index contributed by atoms with van der Waals surface area (Å²) in [5.74, 6) is 0.448. The third kappa shape index (κ3) is 2.98. The normalized spacial score (nSPS) is 13.1. The van der Waals surface area contributed by atoms with E-state index in [4.69, 9.17) is 0 Å². The highest BCUT2D eigenvalue weighted by Gasteiger charge is 2.28. The van der Waals surface area contributed by atoms with Gasteiger partial charge in [0.05, 0.1) is 28.7 Å². The van der Waals surface area contributed by atoms with Crippen LogP contribution in [-0.2, 0) is 17.8 Å². The standard InChI is InChI=1S/C19H15N5O2S2/c25-16(24-7-6-23-15-4-2-1-3-14(15)21-19(23)24)9-13-11-28-18(20-13)22-17(26)12-5-8-27-10-12/h1-5,8,10-11H,6-7,9H2,(H,20,22,26). The zero-order valence-electron chi connectivity index (χ0n) is 14.7. The van der Waals surface area contributed by atoms with Crippen LogP contribution in [0.25, 0.3) is 11.0 Å². The number of thiophene rings is 1. The van der Waals surface area contributed by atoms with Crippen molar-refractivity contribution >= 4 is 56.6 Å². The highest BCUT2D eigenvalue weighted by molar-refractivity contribution is 7.14. The van der Waals surface area contributed by atoms with Gasteiger partial charge in [-0.25, -0.2) is 9.97 Å². The number of hydrogen-bond donors (Lipinski definition) is 1. The molecule has 5 rings (SSSR count). The van der Waals surface area contributed by atoms with Crippen LogP contribution in [0, 0.1) is 0 Å². The van der Waals surface area contributed by atoms with Crippen LogP contribution in [0.15, 0.2) is 46.5 Å². The number of rotatable bonds is 4. The molecule has 0 spiro atoms. The van der Waals surface area contributed by atoms with Gasteiger partial charge >= 0.3 is 0 Å². The number of imidazole rings is 1. The second kappa shape index (κ2) is 6.84. The van der Waals surface area contributed by atoms with E-state index in [2.05, 4.69) is 19.9 Å². The van der Waals surface area contributed by atoms with Crippen molar-refractivity contribution in [2.75, 3.05) is 16.8 Å². The smallest absolute Gasteiger partial charge is 0.258 e. The molecule has 3 aromatic heterocycles. The molecule has 4 heterocycles. The van der Waals surface area contributed by atoms with E-state index in [1.807, 2.05) is 29.6 Å². The average Bonchev–Trinajstić information content (AvgIpc) is 3.46. The number of carbonyl (C=O) groups is 2. The quantitative estimate of drug-likeness (QED) is 0.560. The minimum absolute atomic E-state index is 0.0462. The van der Waals surface area contributed by atoms with Crippen molar-refractivity contribution in [2.24, 2.45) is 0 Å².